The number of hydrogen-bond donors (Lipinski definition) is 0. The number of rotatable bonds is 5. The van der Waals surface area contributed by atoms with Crippen molar-refractivity contribution in [2.24, 2.45) is 4.99 Å². The molecule has 0 fully saturated rings. The Balaban J connectivity index is 2.00. The zero-order chi connectivity index (χ0) is 24.5. The SMILES string of the molecule is COc1nccnc1-n1nc(C(F)(F)F)c(C2C=C(Cl)C(Cl)=C(Cl)C2)c1N=Cc1ccccc1. The third-order valence-electron chi connectivity index (χ3n) is 4.91. The molecule has 0 bridgehead atoms. The first-order valence-electron chi connectivity index (χ1n) is 9.77. The highest BCUT2D eigenvalue weighted by molar-refractivity contribution is 6.48. The first kappa shape index (κ1) is 24.3. The summed E-state index contributed by atoms with van der Waals surface area (Å²) in [6.07, 6.45) is 0.663. The monoisotopic (exact) mass is 527 g/mol. The molecule has 1 aromatic carbocycles. The van der Waals surface area contributed by atoms with Gasteiger partial charge in [-0.1, -0.05) is 71.2 Å². The number of benzene rings is 1. The van der Waals surface area contributed by atoms with Crippen LogP contribution in [0.2, 0.25) is 0 Å². The molecule has 0 radical (unpaired) electrons. The molecule has 0 saturated heterocycles. The van der Waals surface area contributed by atoms with Crippen molar-refractivity contribution in [3.8, 4) is 11.7 Å². The second kappa shape index (κ2) is 9.77. The molecule has 2 heterocycles. The highest BCUT2D eigenvalue weighted by atomic mass is 35.5. The molecule has 2 aromatic heterocycles. The molecule has 1 aliphatic rings. The number of aromatic nitrogens is 4. The van der Waals surface area contributed by atoms with Crippen molar-refractivity contribution >= 4 is 46.8 Å². The normalized spacial score (nSPS) is 16.8. The van der Waals surface area contributed by atoms with Gasteiger partial charge in [0.05, 0.1) is 17.2 Å². The number of aliphatic imine (C=N–C) groups is 1. The van der Waals surface area contributed by atoms with Crippen molar-refractivity contribution in [1.29, 1.82) is 0 Å². The molecule has 3 aromatic rings. The van der Waals surface area contributed by atoms with Crippen LogP contribution in [0.3, 0.4) is 0 Å². The first-order chi connectivity index (χ1) is 16.2. The zero-order valence-corrected chi connectivity index (χ0v) is 19.7. The van der Waals surface area contributed by atoms with E-state index in [-0.39, 0.29) is 44.6 Å². The Labute approximate surface area is 207 Å². The number of allylic oxidation sites excluding steroid dienone is 4. The molecule has 6 nitrogen and oxygen atoms in total. The van der Waals surface area contributed by atoms with E-state index in [2.05, 4.69) is 20.1 Å². The van der Waals surface area contributed by atoms with Crippen molar-refractivity contribution in [2.75, 3.05) is 7.11 Å². The summed E-state index contributed by atoms with van der Waals surface area (Å²) >= 11 is 18.4. The standard InChI is InChI=1S/C22H15Cl3F3N5O/c1-34-21-20(29-7-8-30-21)33-19(31-11-12-5-3-2-4-6-12)16(18(32-33)22(26,27)28)13-9-14(23)17(25)15(24)10-13/h2-9,11,13H,10H2,1H3. The number of alkyl halides is 3. The Morgan fingerprint density at radius 3 is 2.47 bits per heavy atom. The molecule has 1 aliphatic carbocycles. The van der Waals surface area contributed by atoms with E-state index < -0.39 is 17.8 Å². The van der Waals surface area contributed by atoms with E-state index in [9.17, 15) is 13.2 Å². The van der Waals surface area contributed by atoms with Gasteiger partial charge < -0.3 is 4.74 Å². The van der Waals surface area contributed by atoms with Gasteiger partial charge in [-0.25, -0.2) is 15.0 Å². The van der Waals surface area contributed by atoms with Crippen LogP contribution in [0, 0.1) is 0 Å². The van der Waals surface area contributed by atoms with Crippen LogP contribution < -0.4 is 4.74 Å². The summed E-state index contributed by atoms with van der Waals surface area (Å²) in [6, 6.07) is 8.89. The third kappa shape index (κ3) is 4.82. The molecule has 0 spiro atoms. The molecule has 1 unspecified atom stereocenters. The second-order valence-electron chi connectivity index (χ2n) is 7.10. The molecule has 176 valence electrons. The maximum absolute atomic E-state index is 14.2. The summed E-state index contributed by atoms with van der Waals surface area (Å²) in [7, 11) is 1.33. The Morgan fingerprint density at radius 1 is 1.12 bits per heavy atom. The third-order valence-corrected chi connectivity index (χ3v) is 6.19. The minimum absolute atomic E-state index is 0.0170. The molecule has 0 N–H and O–H groups in total. The van der Waals surface area contributed by atoms with E-state index in [1.807, 2.05) is 6.07 Å². The fourth-order valence-electron chi connectivity index (χ4n) is 3.43. The predicted molar refractivity (Wildman–Crippen MR) is 124 cm³/mol. The van der Waals surface area contributed by atoms with Crippen LogP contribution in [0.25, 0.3) is 5.82 Å². The minimum atomic E-state index is -4.81. The number of ether oxygens (including phenoxy) is 1. The number of methoxy groups -OCH3 is 1. The molecule has 1 atom stereocenters. The fourth-order valence-corrected chi connectivity index (χ4v) is 4.15. The van der Waals surface area contributed by atoms with Crippen LogP contribution in [-0.2, 0) is 6.18 Å². The van der Waals surface area contributed by atoms with Crippen molar-refractivity contribution in [3.05, 3.63) is 80.7 Å². The van der Waals surface area contributed by atoms with E-state index in [1.165, 1.54) is 31.8 Å². The van der Waals surface area contributed by atoms with Crippen molar-refractivity contribution < 1.29 is 17.9 Å². The lowest BCUT2D eigenvalue weighted by Gasteiger charge is -2.20. The van der Waals surface area contributed by atoms with Crippen LogP contribution in [0.5, 0.6) is 5.88 Å². The number of hydrogen-bond acceptors (Lipinski definition) is 5. The molecule has 12 heteroatoms. The van der Waals surface area contributed by atoms with Crippen molar-refractivity contribution in [2.45, 2.75) is 18.5 Å². The van der Waals surface area contributed by atoms with Gasteiger partial charge in [0, 0.05) is 35.1 Å². The van der Waals surface area contributed by atoms with Crippen LogP contribution in [0.4, 0.5) is 19.0 Å². The van der Waals surface area contributed by atoms with Gasteiger partial charge in [0.25, 0.3) is 5.88 Å². The van der Waals surface area contributed by atoms with Gasteiger partial charge >= 0.3 is 6.18 Å². The smallest absolute Gasteiger partial charge is 0.435 e. The molecule has 0 amide bonds. The molecule has 0 aliphatic heterocycles. The summed E-state index contributed by atoms with van der Waals surface area (Å²) in [4.78, 5) is 12.5. The average molecular weight is 529 g/mol. The molecule has 4 rings (SSSR count). The average Bonchev–Trinajstić information content (AvgIpc) is 3.21. The van der Waals surface area contributed by atoms with E-state index in [4.69, 9.17) is 39.5 Å². The maximum Gasteiger partial charge on any atom is 0.435 e. The Bertz CT molecular complexity index is 1300. The van der Waals surface area contributed by atoms with Gasteiger partial charge in [-0.2, -0.15) is 23.0 Å². The van der Waals surface area contributed by atoms with Crippen molar-refractivity contribution in [3.63, 3.8) is 0 Å². The van der Waals surface area contributed by atoms with Crippen molar-refractivity contribution in [1.82, 2.24) is 19.7 Å². The van der Waals surface area contributed by atoms with Gasteiger partial charge in [0.1, 0.15) is 0 Å². The molecule has 0 saturated carbocycles. The fraction of sp³-hybridized carbons (Fsp3) is 0.182. The summed E-state index contributed by atoms with van der Waals surface area (Å²) in [5, 5.41) is 4.11. The van der Waals surface area contributed by atoms with E-state index in [0.717, 1.165) is 4.68 Å². The second-order valence-corrected chi connectivity index (χ2v) is 8.34. The van der Waals surface area contributed by atoms with Gasteiger partial charge in [-0.3, -0.25) is 0 Å². The van der Waals surface area contributed by atoms with E-state index >= 15 is 0 Å². The Morgan fingerprint density at radius 2 is 1.82 bits per heavy atom. The molecular formula is C22H15Cl3F3N5O. The summed E-state index contributed by atoms with van der Waals surface area (Å²) in [5.41, 5.74) is -0.722. The highest BCUT2D eigenvalue weighted by Crippen LogP contribution is 2.47. The largest absolute Gasteiger partial charge is 0.478 e. The van der Waals surface area contributed by atoms with Crippen LogP contribution in [0.1, 0.15) is 29.2 Å². The summed E-state index contributed by atoms with van der Waals surface area (Å²) < 4.78 is 48.8. The van der Waals surface area contributed by atoms with Gasteiger partial charge in [0.15, 0.2) is 11.5 Å². The van der Waals surface area contributed by atoms with E-state index in [1.54, 1.807) is 24.3 Å². The molecular weight excluding hydrogens is 514 g/mol. The lowest BCUT2D eigenvalue weighted by Crippen LogP contribution is -2.13. The van der Waals surface area contributed by atoms with Gasteiger partial charge in [0.2, 0.25) is 5.82 Å². The summed E-state index contributed by atoms with van der Waals surface area (Å²) in [5.74, 6) is -1.12. The van der Waals surface area contributed by atoms with E-state index in [0.29, 0.717) is 5.56 Å². The number of nitrogens with zero attached hydrogens (tertiary/aromatic N) is 5. The Kier molecular flexibility index (Phi) is 6.97. The van der Waals surface area contributed by atoms with Gasteiger partial charge in [-0.05, 0) is 12.0 Å². The van der Waals surface area contributed by atoms with Crippen LogP contribution in [0.15, 0.2) is 68.9 Å². The highest BCUT2D eigenvalue weighted by Gasteiger charge is 2.42. The predicted octanol–water partition coefficient (Wildman–Crippen LogP) is 6.74. The lowest BCUT2D eigenvalue weighted by molar-refractivity contribution is -0.142. The quantitative estimate of drug-likeness (QED) is 0.344. The lowest BCUT2D eigenvalue weighted by atomic mass is 9.91. The van der Waals surface area contributed by atoms with Crippen LogP contribution in [-0.4, -0.2) is 33.1 Å². The Hall–Kier alpha value is -2.88. The van der Waals surface area contributed by atoms with Gasteiger partial charge in [-0.15, -0.1) is 0 Å². The first-order valence-corrected chi connectivity index (χ1v) is 10.9. The number of halogens is 6. The minimum Gasteiger partial charge on any atom is -0.478 e. The molecule has 34 heavy (non-hydrogen) atoms. The topological polar surface area (TPSA) is 65.2 Å². The maximum atomic E-state index is 14.2. The summed E-state index contributed by atoms with van der Waals surface area (Å²) in [6.45, 7) is 0. The van der Waals surface area contributed by atoms with Crippen LogP contribution >= 0.6 is 34.8 Å². The zero-order valence-electron chi connectivity index (χ0n) is 17.4.